The van der Waals surface area contributed by atoms with E-state index in [1.165, 1.54) is 11.0 Å². The number of aliphatic hydroxyl groups excluding tert-OH is 1. The molecule has 6 rings (SSSR count). The van der Waals surface area contributed by atoms with Crippen LogP contribution in [0.15, 0.2) is 35.9 Å². The monoisotopic (exact) mass is 481 g/mol. The first-order valence-electron chi connectivity index (χ1n) is 11.8. The third-order valence-corrected chi connectivity index (χ3v) is 7.85. The molecule has 2 aromatic heterocycles. The minimum Gasteiger partial charge on any atom is -0.456 e. The molecule has 184 valence electrons. The van der Waals surface area contributed by atoms with Crippen LogP contribution in [-0.2, 0) is 19.1 Å². The van der Waals surface area contributed by atoms with Crippen molar-refractivity contribution in [2.24, 2.45) is 5.41 Å². The highest BCUT2D eigenvalue weighted by atomic mass is 16.5. The van der Waals surface area contributed by atoms with Gasteiger partial charge in [-0.25, -0.2) is 9.78 Å². The molecule has 4 aliphatic heterocycles. The Morgan fingerprint density at radius 1 is 1.23 bits per heavy atom. The zero-order valence-electron chi connectivity index (χ0n) is 19.4. The van der Waals surface area contributed by atoms with Gasteiger partial charge in [0.25, 0.3) is 0 Å². The standard InChI is InChI=1S/C23H27N7O5/c1-14-18(12-35-21(14)32)28-5-4-23(22(28)33)6-16-10-34-11-17(7-23)29(16)9-19(31)15-2-3-20(24-8-15)30-13-25-26-27-30/h2-3,8,13,16-17,19,31H,4-7,9-12H2,1H3. The molecule has 35 heavy (non-hydrogen) atoms. The number of aromatic nitrogens is 5. The number of likely N-dealkylation sites (tertiary alicyclic amines) is 1. The topological polar surface area (TPSA) is 136 Å². The Morgan fingerprint density at radius 2 is 2.03 bits per heavy atom. The molecule has 4 aliphatic rings. The normalized spacial score (nSPS) is 29.8. The highest BCUT2D eigenvalue weighted by molar-refractivity contribution is 5.94. The number of nitrogens with zero attached hydrogens (tertiary/aromatic N) is 7. The lowest BCUT2D eigenvalue weighted by Gasteiger charge is -2.52. The number of morpholine rings is 1. The first-order valence-corrected chi connectivity index (χ1v) is 11.8. The molecule has 3 unspecified atom stereocenters. The lowest BCUT2D eigenvalue weighted by molar-refractivity contribution is -0.152. The second-order valence-corrected chi connectivity index (χ2v) is 9.81. The van der Waals surface area contributed by atoms with Gasteiger partial charge in [0.05, 0.1) is 36.0 Å². The Hall–Kier alpha value is -3.22. The van der Waals surface area contributed by atoms with Crippen LogP contribution >= 0.6 is 0 Å². The van der Waals surface area contributed by atoms with Gasteiger partial charge in [-0.1, -0.05) is 6.07 Å². The second-order valence-electron chi connectivity index (χ2n) is 9.81. The molecule has 2 aromatic rings. The molecular formula is C23H27N7O5. The maximum atomic E-state index is 13.6. The molecule has 0 radical (unpaired) electrons. The fraction of sp³-hybridized carbons (Fsp3) is 0.565. The van der Waals surface area contributed by atoms with E-state index in [2.05, 4.69) is 25.4 Å². The van der Waals surface area contributed by atoms with Gasteiger partial charge in [-0.3, -0.25) is 9.69 Å². The fourth-order valence-electron chi connectivity index (χ4n) is 5.97. The second kappa shape index (κ2) is 8.47. The van der Waals surface area contributed by atoms with Gasteiger partial charge in [0.1, 0.15) is 12.9 Å². The molecule has 1 N–H and O–H groups in total. The van der Waals surface area contributed by atoms with Crippen LogP contribution in [0.4, 0.5) is 0 Å². The van der Waals surface area contributed by atoms with Crippen LogP contribution < -0.4 is 0 Å². The van der Waals surface area contributed by atoms with Crippen LogP contribution in [0.2, 0.25) is 0 Å². The van der Waals surface area contributed by atoms with Crippen molar-refractivity contribution in [1.29, 1.82) is 0 Å². The minimum absolute atomic E-state index is 0.0334. The van der Waals surface area contributed by atoms with Crippen molar-refractivity contribution in [3.8, 4) is 5.82 Å². The van der Waals surface area contributed by atoms with Gasteiger partial charge in [0.2, 0.25) is 5.91 Å². The van der Waals surface area contributed by atoms with Gasteiger partial charge in [-0.2, -0.15) is 4.68 Å². The van der Waals surface area contributed by atoms with Gasteiger partial charge in [0.15, 0.2) is 5.82 Å². The van der Waals surface area contributed by atoms with Crippen LogP contribution in [0.25, 0.3) is 5.82 Å². The predicted octanol–water partition coefficient (Wildman–Crippen LogP) is 0.00340. The van der Waals surface area contributed by atoms with E-state index in [1.807, 2.05) is 6.07 Å². The quantitative estimate of drug-likeness (QED) is 0.581. The first kappa shape index (κ1) is 22.3. The van der Waals surface area contributed by atoms with E-state index in [0.717, 1.165) is 6.42 Å². The molecule has 3 saturated heterocycles. The summed E-state index contributed by atoms with van der Waals surface area (Å²) < 4.78 is 12.4. The zero-order valence-corrected chi connectivity index (χ0v) is 19.4. The van der Waals surface area contributed by atoms with E-state index < -0.39 is 11.5 Å². The van der Waals surface area contributed by atoms with Crippen molar-refractivity contribution < 1.29 is 24.2 Å². The number of carbonyl (C=O) groups excluding carboxylic acids is 2. The molecule has 2 bridgehead atoms. The summed E-state index contributed by atoms with van der Waals surface area (Å²) in [4.78, 5) is 33.9. The van der Waals surface area contributed by atoms with Crippen molar-refractivity contribution in [3.63, 3.8) is 0 Å². The van der Waals surface area contributed by atoms with Crippen LogP contribution in [0.5, 0.6) is 0 Å². The molecule has 3 fully saturated rings. The van der Waals surface area contributed by atoms with Crippen molar-refractivity contribution in [2.75, 3.05) is 32.9 Å². The van der Waals surface area contributed by atoms with E-state index in [4.69, 9.17) is 9.47 Å². The number of rotatable bonds is 5. The van der Waals surface area contributed by atoms with Crippen LogP contribution in [0, 0.1) is 5.41 Å². The summed E-state index contributed by atoms with van der Waals surface area (Å²) in [5, 5.41) is 22.0. The Balaban J connectivity index is 1.16. The van der Waals surface area contributed by atoms with Gasteiger partial charge in [0, 0.05) is 36.9 Å². The highest BCUT2D eigenvalue weighted by Gasteiger charge is 2.56. The molecule has 0 aromatic carbocycles. The number of carbonyl (C=O) groups is 2. The number of esters is 1. The summed E-state index contributed by atoms with van der Waals surface area (Å²) in [6.07, 6.45) is 4.46. The third kappa shape index (κ3) is 3.72. The van der Waals surface area contributed by atoms with Gasteiger partial charge >= 0.3 is 5.97 Å². The number of cyclic esters (lactones) is 1. The zero-order chi connectivity index (χ0) is 24.2. The number of piperidine rings is 1. The Kier molecular flexibility index (Phi) is 5.38. The van der Waals surface area contributed by atoms with E-state index in [9.17, 15) is 14.7 Å². The SMILES string of the molecule is CC1=C(N2CCC3(CC4COCC(C3)N4CC(O)c3ccc(-n4cnnn4)nc3)C2=O)COC1=O. The number of hydrogen-bond acceptors (Lipinski definition) is 10. The lowest BCUT2D eigenvalue weighted by Crippen LogP contribution is -2.61. The summed E-state index contributed by atoms with van der Waals surface area (Å²) in [5.41, 5.74) is 1.47. The number of amides is 1. The van der Waals surface area contributed by atoms with Gasteiger partial charge in [-0.15, -0.1) is 5.10 Å². The highest BCUT2D eigenvalue weighted by Crippen LogP contribution is 2.49. The van der Waals surface area contributed by atoms with Gasteiger partial charge < -0.3 is 19.5 Å². The number of ether oxygens (including phenoxy) is 2. The number of aliphatic hydroxyl groups is 1. The number of hydrogen-bond donors (Lipinski definition) is 1. The summed E-state index contributed by atoms with van der Waals surface area (Å²) in [6.45, 7) is 3.98. The van der Waals surface area contributed by atoms with Crippen LogP contribution in [-0.4, -0.2) is 97.0 Å². The van der Waals surface area contributed by atoms with Crippen molar-refractivity contribution in [2.45, 2.75) is 44.4 Å². The summed E-state index contributed by atoms with van der Waals surface area (Å²) in [5.74, 6) is 0.313. The third-order valence-electron chi connectivity index (χ3n) is 7.85. The molecule has 3 atom stereocenters. The van der Waals surface area contributed by atoms with E-state index in [-0.39, 0.29) is 30.6 Å². The van der Waals surface area contributed by atoms with Crippen molar-refractivity contribution >= 4 is 11.9 Å². The van der Waals surface area contributed by atoms with Gasteiger partial charge in [-0.05, 0) is 42.7 Å². The maximum Gasteiger partial charge on any atom is 0.336 e. The number of fused-ring (bicyclic) bond motifs is 2. The molecule has 1 amide bonds. The Bertz CT molecular complexity index is 1150. The molecule has 0 aliphatic carbocycles. The molecule has 0 saturated carbocycles. The van der Waals surface area contributed by atoms with Crippen LogP contribution in [0.1, 0.15) is 37.9 Å². The van der Waals surface area contributed by atoms with Crippen molar-refractivity contribution in [1.82, 2.24) is 35.0 Å². The minimum atomic E-state index is -0.729. The molecule has 12 heteroatoms. The van der Waals surface area contributed by atoms with E-state index >= 15 is 0 Å². The number of tetrazole rings is 1. The Labute approximate surface area is 201 Å². The molecule has 12 nitrogen and oxygen atoms in total. The van der Waals surface area contributed by atoms with E-state index in [1.54, 1.807) is 24.1 Å². The van der Waals surface area contributed by atoms with E-state index in [0.29, 0.717) is 61.8 Å². The number of pyridine rings is 1. The average Bonchev–Trinajstić information content (AvgIpc) is 3.57. The molecule has 6 heterocycles. The molecule has 1 spiro atoms. The van der Waals surface area contributed by atoms with Crippen LogP contribution in [0.3, 0.4) is 0 Å². The lowest BCUT2D eigenvalue weighted by atomic mass is 9.70. The Morgan fingerprint density at radius 3 is 2.66 bits per heavy atom. The largest absolute Gasteiger partial charge is 0.456 e. The average molecular weight is 482 g/mol. The fourth-order valence-corrected chi connectivity index (χ4v) is 5.97. The predicted molar refractivity (Wildman–Crippen MR) is 119 cm³/mol. The molecular weight excluding hydrogens is 454 g/mol. The first-order chi connectivity index (χ1) is 16.9. The summed E-state index contributed by atoms with van der Waals surface area (Å²) in [7, 11) is 0. The summed E-state index contributed by atoms with van der Waals surface area (Å²) >= 11 is 0. The smallest absolute Gasteiger partial charge is 0.336 e. The summed E-state index contributed by atoms with van der Waals surface area (Å²) in [6, 6.07) is 3.66. The maximum absolute atomic E-state index is 13.6. The van der Waals surface area contributed by atoms with Crippen molar-refractivity contribution in [3.05, 3.63) is 41.5 Å².